The van der Waals surface area contributed by atoms with Crippen LogP contribution in [-0.2, 0) is 11.3 Å². The molecule has 0 unspecified atom stereocenters. The number of hydrogen-bond donors (Lipinski definition) is 1. The van der Waals surface area contributed by atoms with Crippen LogP contribution < -0.4 is 10.2 Å². The van der Waals surface area contributed by atoms with Gasteiger partial charge in [-0.3, -0.25) is 4.79 Å². The normalized spacial score (nSPS) is 10.3. The Hall–Kier alpha value is -3.21. The highest BCUT2D eigenvalue weighted by atomic mass is 16.1. The molecule has 0 radical (unpaired) electrons. The average molecular weight is 346 g/mol. The third-order valence-corrected chi connectivity index (χ3v) is 3.92. The van der Waals surface area contributed by atoms with E-state index in [1.807, 2.05) is 61.5 Å². The summed E-state index contributed by atoms with van der Waals surface area (Å²) in [6, 6.07) is 24.0. The summed E-state index contributed by atoms with van der Waals surface area (Å²) in [7, 11) is 0. The number of carbonyl (C=O) groups excluding carboxylic acids is 1. The molecule has 1 amide bonds. The SMILES string of the molecule is CCCC(=O)Nc1ccc(N(Cc2ccccc2)c2ccccc2)nn1. The highest BCUT2D eigenvalue weighted by Crippen LogP contribution is 2.25. The van der Waals surface area contributed by atoms with Gasteiger partial charge in [-0.15, -0.1) is 10.2 Å². The van der Waals surface area contributed by atoms with Crippen LogP contribution in [0.2, 0.25) is 0 Å². The minimum Gasteiger partial charge on any atom is -0.320 e. The zero-order valence-electron chi connectivity index (χ0n) is 14.8. The lowest BCUT2D eigenvalue weighted by Crippen LogP contribution is -2.19. The predicted octanol–water partition coefficient (Wildman–Crippen LogP) is 4.55. The molecule has 3 rings (SSSR count). The number of nitrogens with one attached hydrogen (secondary N) is 1. The second kappa shape index (κ2) is 8.76. The van der Waals surface area contributed by atoms with Crippen molar-refractivity contribution in [3.63, 3.8) is 0 Å². The van der Waals surface area contributed by atoms with Gasteiger partial charge in [0.25, 0.3) is 0 Å². The van der Waals surface area contributed by atoms with Crippen LogP contribution in [0.15, 0.2) is 72.8 Å². The summed E-state index contributed by atoms with van der Waals surface area (Å²) in [5.41, 5.74) is 2.21. The minimum atomic E-state index is -0.0428. The number of aromatic nitrogens is 2. The molecule has 0 bridgehead atoms. The number of para-hydroxylation sites is 1. The Kier molecular flexibility index (Phi) is 5.93. The van der Waals surface area contributed by atoms with Gasteiger partial charge in [-0.2, -0.15) is 0 Å². The number of benzene rings is 2. The Morgan fingerprint density at radius 2 is 1.62 bits per heavy atom. The average Bonchev–Trinajstić information content (AvgIpc) is 2.69. The van der Waals surface area contributed by atoms with Crippen molar-refractivity contribution in [2.45, 2.75) is 26.3 Å². The topological polar surface area (TPSA) is 58.1 Å². The number of rotatable bonds is 7. The highest BCUT2D eigenvalue weighted by Gasteiger charge is 2.12. The number of carbonyl (C=O) groups is 1. The standard InChI is InChI=1S/C21H22N4O/c1-2-9-21(26)22-19-14-15-20(24-23-19)25(18-12-7-4-8-13-18)16-17-10-5-3-6-11-17/h3-8,10-15H,2,9,16H2,1H3,(H,22,23,26). The van der Waals surface area contributed by atoms with E-state index >= 15 is 0 Å². The van der Waals surface area contributed by atoms with Crippen molar-refractivity contribution in [3.8, 4) is 0 Å². The molecule has 0 fully saturated rings. The molecule has 0 saturated carbocycles. The molecule has 3 aromatic rings. The first kappa shape index (κ1) is 17.6. The third kappa shape index (κ3) is 4.66. The molecule has 5 nitrogen and oxygen atoms in total. The van der Waals surface area contributed by atoms with Gasteiger partial charge in [0.1, 0.15) is 0 Å². The molecule has 1 aromatic heterocycles. The van der Waals surface area contributed by atoms with Gasteiger partial charge in [-0.1, -0.05) is 55.5 Å². The van der Waals surface area contributed by atoms with Crippen LogP contribution in [0.25, 0.3) is 0 Å². The number of amides is 1. The first-order valence-corrected chi connectivity index (χ1v) is 8.76. The van der Waals surface area contributed by atoms with Gasteiger partial charge < -0.3 is 10.2 Å². The smallest absolute Gasteiger partial charge is 0.225 e. The van der Waals surface area contributed by atoms with E-state index in [1.54, 1.807) is 6.07 Å². The quantitative estimate of drug-likeness (QED) is 0.682. The van der Waals surface area contributed by atoms with Crippen LogP contribution in [0.5, 0.6) is 0 Å². The molecule has 0 atom stereocenters. The van der Waals surface area contributed by atoms with Crippen LogP contribution in [0, 0.1) is 0 Å². The fourth-order valence-corrected chi connectivity index (χ4v) is 2.65. The minimum absolute atomic E-state index is 0.0428. The summed E-state index contributed by atoms with van der Waals surface area (Å²) in [5.74, 6) is 1.16. The van der Waals surface area contributed by atoms with Crippen molar-refractivity contribution in [2.24, 2.45) is 0 Å². The summed E-state index contributed by atoms with van der Waals surface area (Å²) >= 11 is 0. The van der Waals surface area contributed by atoms with E-state index in [2.05, 4.69) is 32.5 Å². The Bertz CT molecular complexity index is 820. The molecule has 0 aliphatic carbocycles. The van der Waals surface area contributed by atoms with E-state index < -0.39 is 0 Å². The van der Waals surface area contributed by atoms with Gasteiger partial charge in [-0.25, -0.2) is 0 Å². The van der Waals surface area contributed by atoms with Gasteiger partial charge in [0.05, 0.1) is 0 Å². The maximum Gasteiger partial charge on any atom is 0.225 e. The molecule has 5 heteroatoms. The lowest BCUT2D eigenvalue weighted by molar-refractivity contribution is -0.116. The Morgan fingerprint density at radius 3 is 2.23 bits per heavy atom. The molecular weight excluding hydrogens is 324 g/mol. The summed E-state index contributed by atoms with van der Waals surface area (Å²) in [6.45, 7) is 2.65. The van der Waals surface area contributed by atoms with Gasteiger partial charge in [0, 0.05) is 18.7 Å². The van der Waals surface area contributed by atoms with E-state index in [0.717, 1.165) is 17.9 Å². The Morgan fingerprint density at radius 1 is 0.923 bits per heavy atom. The van der Waals surface area contributed by atoms with Crippen molar-refractivity contribution >= 4 is 23.2 Å². The van der Waals surface area contributed by atoms with Crippen molar-refractivity contribution in [2.75, 3.05) is 10.2 Å². The number of nitrogens with zero attached hydrogens (tertiary/aromatic N) is 3. The first-order chi connectivity index (χ1) is 12.8. The maximum absolute atomic E-state index is 11.7. The molecule has 1 N–H and O–H groups in total. The summed E-state index contributed by atoms with van der Waals surface area (Å²) in [5, 5.41) is 11.3. The largest absolute Gasteiger partial charge is 0.320 e. The van der Waals surface area contributed by atoms with Crippen LogP contribution in [-0.4, -0.2) is 16.1 Å². The van der Waals surface area contributed by atoms with Gasteiger partial charge in [0.2, 0.25) is 5.91 Å². The molecule has 2 aromatic carbocycles. The van der Waals surface area contributed by atoms with E-state index in [-0.39, 0.29) is 5.91 Å². The molecular formula is C21H22N4O. The van der Waals surface area contributed by atoms with Gasteiger partial charge in [0.15, 0.2) is 11.6 Å². The fourth-order valence-electron chi connectivity index (χ4n) is 2.65. The molecule has 0 aliphatic heterocycles. The van der Waals surface area contributed by atoms with E-state index in [0.29, 0.717) is 18.8 Å². The lowest BCUT2D eigenvalue weighted by Gasteiger charge is -2.23. The van der Waals surface area contributed by atoms with Crippen molar-refractivity contribution < 1.29 is 4.79 Å². The fraction of sp³-hybridized carbons (Fsp3) is 0.190. The highest BCUT2D eigenvalue weighted by molar-refractivity contribution is 5.89. The van der Waals surface area contributed by atoms with Gasteiger partial charge in [-0.05, 0) is 36.2 Å². The molecule has 0 spiro atoms. The monoisotopic (exact) mass is 346 g/mol. The number of hydrogen-bond acceptors (Lipinski definition) is 4. The molecule has 26 heavy (non-hydrogen) atoms. The van der Waals surface area contributed by atoms with E-state index in [9.17, 15) is 4.79 Å². The molecule has 0 aliphatic rings. The van der Waals surface area contributed by atoms with Crippen LogP contribution >= 0.6 is 0 Å². The Balaban J connectivity index is 1.83. The van der Waals surface area contributed by atoms with Crippen LogP contribution in [0.1, 0.15) is 25.3 Å². The van der Waals surface area contributed by atoms with E-state index in [4.69, 9.17) is 0 Å². The Labute approximate surface area is 153 Å². The third-order valence-electron chi connectivity index (χ3n) is 3.92. The summed E-state index contributed by atoms with van der Waals surface area (Å²) in [4.78, 5) is 13.8. The van der Waals surface area contributed by atoms with Crippen LogP contribution in [0.4, 0.5) is 17.3 Å². The molecule has 132 valence electrons. The van der Waals surface area contributed by atoms with Gasteiger partial charge >= 0.3 is 0 Å². The second-order valence-corrected chi connectivity index (χ2v) is 5.98. The van der Waals surface area contributed by atoms with Crippen LogP contribution in [0.3, 0.4) is 0 Å². The van der Waals surface area contributed by atoms with Crippen molar-refractivity contribution in [1.82, 2.24) is 10.2 Å². The summed E-state index contributed by atoms with van der Waals surface area (Å²) < 4.78 is 0. The van der Waals surface area contributed by atoms with Crippen molar-refractivity contribution in [1.29, 1.82) is 0 Å². The zero-order valence-corrected chi connectivity index (χ0v) is 14.8. The second-order valence-electron chi connectivity index (χ2n) is 5.98. The molecule has 0 saturated heterocycles. The first-order valence-electron chi connectivity index (χ1n) is 8.76. The summed E-state index contributed by atoms with van der Waals surface area (Å²) in [6.07, 6.45) is 1.28. The number of anilines is 3. The maximum atomic E-state index is 11.7. The predicted molar refractivity (Wildman–Crippen MR) is 104 cm³/mol. The zero-order chi connectivity index (χ0) is 18.2. The van der Waals surface area contributed by atoms with Crippen molar-refractivity contribution in [3.05, 3.63) is 78.4 Å². The van der Waals surface area contributed by atoms with E-state index in [1.165, 1.54) is 5.56 Å². The molecule has 1 heterocycles. The lowest BCUT2D eigenvalue weighted by atomic mass is 10.2.